The SMILES string of the molecule is C=CC(=NC(=C)C)NC(=O)c1ccc(Br)cc1C(=O)O. The van der Waals surface area contributed by atoms with Crippen LogP contribution in [0, 0.1) is 0 Å². The van der Waals surface area contributed by atoms with Crippen LogP contribution in [-0.2, 0) is 0 Å². The van der Waals surface area contributed by atoms with Gasteiger partial charge in [-0.25, -0.2) is 9.79 Å². The second-order valence-corrected chi connectivity index (χ2v) is 4.80. The van der Waals surface area contributed by atoms with E-state index >= 15 is 0 Å². The van der Waals surface area contributed by atoms with Crippen molar-refractivity contribution in [3.8, 4) is 0 Å². The van der Waals surface area contributed by atoms with Gasteiger partial charge in [0.2, 0.25) is 0 Å². The number of nitrogens with zero attached hydrogens (tertiary/aromatic N) is 1. The number of rotatable bonds is 4. The van der Waals surface area contributed by atoms with Gasteiger partial charge >= 0.3 is 5.97 Å². The van der Waals surface area contributed by atoms with Crippen molar-refractivity contribution in [1.82, 2.24) is 5.32 Å². The molecule has 0 saturated heterocycles. The quantitative estimate of drug-likeness (QED) is 0.655. The van der Waals surface area contributed by atoms with Crippen LogP contribution < -0.4 is 5.32 Å². The number of carbonyl (C=O) groups excluding carboxylic acids is 1. The molecule has 1 rings (SSSR count). The fourth-order valence-corrected chi connectivity index (χ4v) is 1.77. The zero-order valence-corrected chi connectivity index (χ0v) is 12.4. The van der Waals surface area contributed by atoms with E-state index in [2.05, 4.69) is 39.4 Å². The average Bonchev–Trinajstić information content (AvgIpc) is 2.36. The Labute approximate surface area is 124 Å². The molecule has 0 bridgehead atoms. The molecule has 0 aromatic heterocycles. The summed E-state index contributed by atoms with van der Waals surface area (Å²) in [6.45, 7) is 8.78. The van der Waals surface area contributed by atoms with Crippen molar-refractivity contribution in [1.29, 1.82) is 0 Å². The Balaban J connectivity index is 3.13. The van der Waals surface area contributed by atoms with E-state index in [-0.39, 0.29) is 17.0 Å². The molecule has 1 aromatic carbocycles. The number of carboxylic acid groups (broad SMARTS) is 1. The first kappa shape index (κ1) is 15.8. The number of hydrogen-bond donors (Lipinski definition) is 2. The van der Waals surface area contributed by atoms with Crippen LogP contribution in [0.25, 0.3) is 0 Å². The number of nitrogens with one attached hydrogen (secondary N) is 1. The van der Waals surface area contributed by atoms with Gasteiger partial charge < -0.3 is 10.4 Å². The Morgan fingerprint density at radius 1 is 1.40 bits per heavy atom. The predicted molar refractivity (Wildman–Crippen MR) is 81.0 cm³/mol. The van der Waals surface area contributed by atoms with Gasteiger partial charge in [-0.1, -0.05) is 29.1 Å². The fourth-order valence-electron chi connectivity index (χ4n) is 1.41. The van der Waals surface area contributed by atoms with Gasteiger partial charge in [0.25, 0.3) is 5.91 Å². The van der Waals surface area contributed by atoms with Gasteiger partial charge in [0, 0.05) is 10.2 Å². The smallest absolute Gasteiger partial charge is 0.336 e. The number of carbonyl (C=O) groups is 2. The number of amidine groups is 1. The van der Waals surface area contributed by atoms with Crippen LogP contribution in [-0.4, -0.2) is 22.8 Å². The average molecular weight is 337 g/mol. The maximum Gasteiger partial charge on any atom is 0.336 e. The van der Waals surface area contributed by atoms with Crippen LogP contribution in [0.5, 0.6) is 0 Å². The third kappa shape index (κ3) is 4.17. The highest BCUT2D eigenvalue weighted by Crippen LogP contribution is 2.17. The normalized spacial score (nSPS) is 10.8. The van der Waals surface area contributed by atoms with Gasteiger partial charge in [-0.2, -0.15) is 0 Å². The van der Waals surface area contributed by atoms with E-state index in [0.717, 1.165) is 0 Å². The third-order valence-corrected chi connectivity index (χ3v) is 2.70. The topological polar surface area (TPSA) is 78.8 Å². The summed E-state index contributed by atoms with van der Waals surface area (Å²) in [5.41, 5.74) is 0.432. The number of carboxylic acids is 1. The summed E-state index contributed by atoms with van der Waals surface area (Å²) in [4.78, 5) is 27.2. The van der Waals surface area contributed by atoms with Gasteiger partial charge in [-0.3, -0.25) is 4.79 Å². The second-order valence-electron chi connectivity index (χ2n) is 3.89. The molecule has 0 aliphatic rings. The summed E-state index contributed by atoms with van der Waals surface area (Å²) in [5.74, 6) is -1.55. The van der Waals surface area contributed by atoms with Crippen LogP contribution in [0.1, 0.15) is 27.6 Å². The molecular formula is C14H13BrN2O3. The molecule has 0 fully saturated rings. The van der Waals surface area contributed by atoms with E-state index in [4.69, 9.17) is 5.11 Å². The van der Waals surface area contributed by atoms with Crippen LogP contribution in [0.3, 0.4) is 0 Å². The number of allylic oxidation sites excluding steroid dienone is 1. The minimum Gasteiger partial charge on any atom is -0.478 e. The lowest BCUT2D eigenvalue weighted by atomic mass is 10.1. The Hall–Kier alpha value is -2.21. The van der Waals surface area contributed by atoms with Crippen molar-refractivity contribution >= 4 is 33.6 Å². The Morgan fingerprint density at radius 3 is 2.55 bits per heavy atom. The maximum absolute atomic E-state index is 12.1. The summed E-state index contributed by atoms with van der Waals surface area (Å²) in [6.07, 6.45) is 1.35. The molecule has 0 unspecified atom stereocenters. The number of aliphatic imine (C=N–C) groups is 1. The highest BCUT2D eigenvalue weighted by atomic mass is 79.9. The maximum atomic E-state index is 12.1. The van der Waals surface area contributed by atoms with Gasteiger partial charge in [-0.15, -0.1) is 0 Å². The first-order valence-corrected chi connectivity index (χ1v) is 6.35. The molecule has 104 valence electrons. The molecule has 0 atom stereocenters. The van der Waals surface area contributed by atoms with Crippen molar-refractivity contribution in [3.63, 3.8) is 0 Å². The lowest BCUT2D eigenvalue weighted by Crippen LogP contribution is -2.30. The molecule has 0 heterocycles. The van der Waals surface area contributed by atoms with E-state index in [9.17, 15) is 9.59 Å². The van der Waals surface area contributed by atoms with Crippen molar-refractivity contribution < 1.29 is 14.7 Å². The summed E-state index contributed by atoms with van der Waals surface area (Å²) in [7, 11) is 0. The van der Waals surface area contributed by atoms with Gasteiger partial charge in [-0.05, 0) is 31.2 Å². The molecule has 5 nitrogen and oxygen atoms in total. The van der Waals surface area contributed by atoms with Crippen LogP contribution >= 0.6 is 15.9 Å². The first-order valence-electron chi connectivity index (χ1n) is 5.56. The van der Waals surface area contributed by atoms with Crippen LogP contribution in [0.4, 0.5) is 0 Å². The van der Waals surface area contributed by atoms with Crippen molar-refractivity contribution in [2.75, 3.05) is 0 Å². The third-order valence-electron chi connectivity index (χ3n) is 2.20. The van der Waals surface area contributed by atoms with E-state index in [1.54, 1.807) is 13.0 Å². The predicted octanol–water partition coefficient (Wildman–Crippen LogP) is 3.00. The minimum absolute atomic E-state index is 0.0389. The summed E-state index contributed by atoms with van der Waals surface area (Å²) < 4.78 is 0.575. The van der Waals surface area contributed by atoms with Gasteiger partial charge in [0.1, 0.15) is 5.84 Å². The number of halogens is 1. The Kier molecular flexibility index (Phi) is 5.40. The number of hydrogen-bond acceptors (Lipinski definition) is 3. The monoisotopic (exact) mass is 336 g/mol. The molecule has 2 N–H and O–H groups in total. The van der Waals surface area contributed by atoms with Crippen LogP contribution in [0.15, 0.2) is 52.6 Å². The number of benzene rings is 1. The summed E-state index contributed by atoms with van der Waals surface area (Å²) in [5, 5.41) is 11.6. The second kappa shape index (κ2) is 6.81. The molecule has 6 heteroatoms. The lowest BCUT2D eigenvalue weighted by molar-refractivity contribution is 0.0691. The molecule has 1 amide bonds. The minimum atomic E-state index is -1.19. The van der Waals surface area contributed by atoms with Crippen LogP contribution in [0.2, 0.25) is 0 Å². The fraction of sp³-hybridized carbons (Fsp3) is 0.0714. The standard InChI is InChI=1S/C14H13BrN2O3/c1-4-12(16-8(2)3)17-13(18)10-6-5-9(15)7-11(10)14(19)20/h4-7H,1-2H2,3H3,(H,19,20)(H,16,17,18). The zero-order valence-electron chi connectivity index (χ0n) is 10.8. The van der Waals surface area contributed by atoms with E-state index in [1.165, 1.54) is 18.2 Å². The molecule has 0 aliphatic carbocycles. The lowest BCUT2D eigenvalue weighted by Gasteiger charge is -2.08. The molecule has 0 spiro atoms. The molecule has 0 aliphatic heterocycles. The molecule has 0 saturated carbocycles. The van der Waals surface area contributed by atoms with Gasteiger partial charge in [0.15, 0.2) is 0 Å². The highest BCUT2D eigenvalue weighted by Gasteiger charge is 2.17. The summed E-state index contributed by atoms with van der Waals surface area (Å²) >= 11 is 3.16. The number of amides is 1. The number of aromatic carboxylic acids is 1. The Morgan fingerprint density at radius 2 is 2.05 bits per heavy atom. The van der Waals surface area contributed by atoms with Crippen molar-refractivity contribution in [2.45, 2.75) is 6.92 Å². The summed E-state index contributed by atoms with van der Waals surface area (Å²) in [6, 6.07) is 4.37. The zero-order chi connectivity index (χ0) is 15.3. The molecular weight excluding hydrogens is 324 g/mol. The molecule has 0 radical (unpaired) electrons. The highest BCUT2D eigenvalue weighted by molar-refractivity contribution is 9.10. The largest absolute Gasteiger partial charge is 0.478 e. The van der Waals surface area contributed by atoms with E-state index in [0.29, 0.717) is 10.2 Å². The van der Waals surface area contributed by atoms with Crippen molar-refractivity contribution in [2.24, 2.45) is 4.99 Å². The van der Waals surface area contributed by atoms with Gasteiger partial charge in [0.05, 0.1) is 11.1 Å². The Bertz CT molecular complexity index is 621. The molecule has 20 heavy (non-hydrogen) atoms. The van der Waals surface area contributed by atoms with E-state index < -0.39 is 11.9 Å². The van der Waals surface area contributed by atoms with Crippen molar-refractivity contribution in [3.05, 3.63) is 58.7 Å². The van der Waals surface area contributed by atoms with E-state index in [1.807, 2.05) is 0 Å². The molecule has 1 aromatic rings. The first-order chi connectivity index (χ1) is 9.35.